The Kier molecular flexibility index (Phi) is 6.79. The van der Waals surface area contributed by atoms with E-state index in [2.05, 4.69) is 144 Å². The molecule has 0 saturated heterocycles. The predicted molar refractivity (Wildman–Crippen MR) is 221 cm³/mol. The smallest absolute Gasteiger partial charge is 0.162 e. The third kappa shape index (κ3) is 4.83. The summed E-state index contributed by atoms with van der Waals surface area (Å²) in [6.07, 6.45) is 0. The molecule has 0 unspecified atom stereocenters. The number of aromatic nitrogens is 4. The number of furan rings is 1. The number of benzene rings is 7. The molecule has 0 aliphatic rings. The van der Waals surface area contributed by atoms with Gasteiger partial charge in [0.2, 0.25) is 0 Å². The summed E-state index contributed by atoms with van der Waals surface area (Å²) >= 11 is 0. The van der Waals surface area contributed by atoms with Gasteiger partial charge in [0.15, 0.2) is 11.4 Å². The van der Waals surface area contributed by atoms with E-state index < -0.39 is 0 Å². The highest BCUT2D eigenvalue weighted by Gasteiger charge is 2.20. The summed E-state index contributed by atoms with van der Waals surface area (Å²) in [5.41, 5.74) is 12.4. The van der Waals surface area contributed by atoms with Gasteiger partial charge in [-0.25, -0.2) is 15.0 Å². The second-order valence-corrected chi connectivity index (χ2v) is 13.6. The summed E-state index contributed by atoms with van der Waals surface area (Å²) in [7, 11) is 0. The molecular weight excluding hydrogens is 661 g/mol. The van der Waals surface area contributed by atoms with E-state index in [9.17, 15) is 0 Å². The van der Waals surface area contributed by atoms with Gasteiger partial charge in [0.05, 0.1) is 27.9 Å². The molecule has 54 heavy (non-hydrogen) atoms. The molecule has 4 heterocycles. The number of para-hydroxylation sites is 3. The number of fused-ring (bicyclic) bond motifs is 8. The normalized spacial score (nSPS) is 11.7. The zero-order valence-corrected chi connectivity index (χ0v) is 29.0. The summed E-state index contributed by atoms with van der Waals surface area (Å²) in [5, 5.41) is 5.59. The fraction of sp³-hybridized carbons (Fsp3) is 0. The minimum Gasteiger partial charge on any atom is -0.454 e. The van der Waals surface area contributed by atoms with Crippen LogP contribution in [0, 0.1) is 0 Å². The van der Waals surface area contributed by atoms with Gasteiger partial charge in [-0.2, -0.15) is 0 Å². The maximum Gasteiger partial charge on any atom is 0.162 e. The molecule has 0 spiro atoms. The lowest BCUT2D eigenvalue weighted by Gasteiger charge is -2.12. The van der Waals surface area contributed by atoms with E-state index >= 15 is 0 Å². The molecule has 0 saturated carbocycles. The maximum absolute atomic E-state index is 6.64. The lowest BCUT2D eigenvalue weighted by atomic mass is 10.0. The molecule has 0 atom stereocenters. The first-order valence-corrected chi connectivity index (χ1v) is 18.1. The lowest BCUT2D eigenvalue weighted by Crippen LogP contribution is -1.97. The van der Waals surface area contributed by atoms with Crippen molar-refractivity contribution in [2.75, 3.05) is 0 Å². The first kappa shape index (κ1) is 30.3. The van der Waals surface area contributed by atoms with Crippen molar-refractivity contribution in [3.63, 3.8) is 0 Å². The van der Waals surface area contributed by atoms with E-state index in [1.54, 1.807) is 0 Å². The van der Waals surface area contributed by atoms with Crippen molar-refractivity contribution >= 4 is 54.6 Å². The van der Waals surface area contributed by atoms with Gasteiger partial charge in [0.25, 0.3) is 0 Å². The third-order valence-electron chi connectivity index (χ3n) is 10.4. The topological polar surface area (TPSA) is 56.7 Å². The average Bonchev–Trinajstić information content (AvgIpc) is 3.80. The zero-order chi connectivity index (χ0) is 35.6. The molecule has 11 aromatic rings. The van der Waals surface area contributed by atoms with Crippen molar-refractivity contribution in [1.82, 2.24) is 19.5 Å². The predicted octanol–water partition coefficient (Wildman–Crippen LogP) is 12.7. The van der Waals surface area contributed by atoms with Crippen molar-refractivity contribution in [3.05, 3.63) is 182 Å². The largest absolute Gasteiger partial charge is 0.454 e. The van der Waals surface area contributed by atoms with Gasteiger partial charge in [-0.3, -0.25) is 0 Å². The van der Waals surface area contributed by atoms with E-state index in [1.165, 1.54) is 21.8 Å². The Morgan fingerprint density at radius 1 is 0.407 bits per heavy atom. The number of pyridine rings is 1. The highest BCUT2D eigenvalue weighted by atomic mass is 16.3. The molecule has 252 valence electrons. The molecular formula is C49H30N4O. The van der Waals surface area contributed by atoms with Crippen molar-refractivity contribution in [1.29, 1.82) is 0 Å². The Hall–Kier alpha value is -7.37. The molecule has 0 radical (unpaired) electrons. The number of hydrogen-bond acceptors (Lipinski definition) is 4. The maximum atomic E-state index is 6.64. The van der Waals surface area contributed by atoms with Crippen LogP contribution in [-0.2, 0) is 0 Å². The van der Waals surface area contributed by atoms with Crippen LogP contribution < -0.4 is 0 Å². The van der Waals surface area contributed by atoms with Crippen molar-refractivity contribution < 1.29 is 4.42 Å². The summed E-state index contributed by atoms with van der Waals surface area (Å²) in [6.45, 7) is 0. The number of nitrogens with zero attached hydrogens (tertiary/aromatic N) is 4. The monoisotopic (exact) mass is 690 g/mol. The summed E-state index contributed by atoms with van der Waals surface area (Å²) < 4.78 is 8.98. The molecule has 5 nitrogen and oxygen atoms in total. The first-order valence-electron chi connectivity index (χ1n) is 18.1. The average molecular weight is 691 g/mol. The van der Waals surface area contributed by atoms with Crippen LogP contribution >= 0.6 is 0 Å². The molecule has 7 aromatic carbocycles. The second kappa shape index (κ2) is 12.1. The summed E-state index contributed by atoms with van der Waals surface area (Å²) in [6, 6.07) is 63.1. The van der Waals surface area contributed by atoms with Gasteiger partial charge >= 0.3 is 0 Å². The molecule has 0 bridgehead atoms. The third-order valence-corrected chi connectivity index (χ3v) is 10.4. The van der Waals surface area contributed by atoms with Gasteiger partial charge in [0, 0.05) is 54.9 Å². The fourth-order valence-electron chi connectivity index (χ4n) is 7.90. The van der Waals surface area contributed by atoms with Crippen LogP contribution in [0.4, 0.5) is 0 Å². The van der Waals surface area contributed by atoms with Gasteiger partial charge in [-0.1, -0.05) is 127 Å². The highest BCUT2D eigenvalue weighted by Crippen LogP contribution is 2.41. The molecule has 0 aliphatic heterocycles. The van der Waals surface area contributed by atoms with Crippen molar-refractivity contribution in [2.24, 2.45) is 0 Å². The van der Waals surface area contributed by atoms with Crippen molar-refractivity contribution in [2.45, 2.75) is 0 Å². The molecule has 0 aliphatic carbocycles. The Morgan fingerprint density at radius 2 is 1.00 bits per heavy atom. The van der Waals surface area contributed by atoms with Crippen LogP contribution in [0.2, 0.25) is 0 Å². The molecule has 0 amide bonds. The van der Waals surface area contributed by atoms with Crippen LogP contribution in [0.15, 0.2) is 186 Å². The van der Waals surface area contributed by atoms with E-state index in [1.807, 2.05) is 42.5 Å². The van der Waals surface area contributed by atoms with Crippen LogP contribution in [0.5, 0.6) is 0 Å². The Labute approximate surface area is 310 Å². The molecule has 0 N–H and O–H groups in total. The minimum absolute atomic E-state index is 0.670. The quantitative estimate of drug-likeness (QED) is 0.180. The molecule has 0 fully saturated rings. The Bertz CT molecular complexity index is 3160. The van der Waals surface area contributed by atoms with E-state index in [-0.39, 0.29) is 0 Å². The van der Waals surface area contributed by atoms with Gasteiger partial charge < -0.3 is 8.98 Å². The highest BCUT2D eigenvalue weighted by molar-refractivity contribution is 6.21. The van der Waals surface area contributed by atoms with E-state index in [0.29, 0.717) is 5.82 Å². The van der Waals surface area contributed by atoms with Crippen LogP contribution in [0.3, 0.4) is 0 Å². The zero-order valence-electron chi connectivity index (χ0n) is 29.0. The lowest BCUT2D eigenvalue weighted by molar-refractivity contribution is 0.669. The molecule has 11 rings (SSSR count). The van der Waals surface area contributed by atoms with E-state index in [0.717, 1.165) is 77.9 Å². The van der Waals surface area contributed by atoms with Crippen molar-refractivity contribution in [3.8, 4) is 50.8 Å². The standard InChI is InChI=1S/C49H30N4O/c1-3-14-31(15-4-1)47-48-46(38-22-7-10-23-40(38)50-47)39-29-34(26-27-45(39)54-48)42-30-41(51-49(52-42)32-16-5-2-6-17-32)33-18-13-19-35(28-33)53-43-24-11-8-20-36(43)37-21-9-12-25-44(37)53/h1-30H. The Balaban J connectivity index is 1.12. The van der Waals surface area contributed by atoms with Crippen LogP contribution in [-0.4, -0.2) is 19.5 Å². The molecule has 5 heteroatoms. The fourth-order valence-corrected chi connectivity index (χ4v) is 7.90. The summed E-state index contributed by atoms with van der Waals surface area (Å²) in [5.74, 6) is 0.670. The summed E-state index contributed by atoms with van der Waals surface area (Å²) in [4.78, 5) is 15.5. The first-order chi connectivity index (χ1) is 26.8. The minimum atomic E-state index is 0.670. The van der Waals surface area contributed by atoms with Crippen LogP contribution in [0.1, 0.15) is 0 Å². The number of rotatable bonds is 5. The van der Waals surface area contributed by atoms with Gasteiger partial charge in [-0.15, -0.1) is 0 Å². The second-order valence-electron chi connectivity index (χ2n) is 13.6. The van der Waals surface area contributed by atoms with Crippen LogP contribution in [0.25, 0.3) is 105 Å². The van der Waals surface area contributed by atoms with Gasteiger partial charge in [-0.05, 0) is 54.6 Å². The molecule has 4 aromatic heterocycles. The van der Waals surface area contributed by atoms with Gasteiger partial charge in [0.1, 0.15) is 11.3 Å². The Morgan fingerprint density at radius 3 is 1.72 bits per heavy atom. The SMILES string of the molecule is c1ccc(-c2nc(-c3cccc(-n4c5ccccc5c5ccccc54)c3)cc(-c3ccc4oc5c(-c6ccccc6)nc6ccccc6c5c4c3)n2)cc1. The van der Waals surface area contributed by atoms with E-state index in [4.69, 9.17) is 19.4 Å². The number of hydrogen-bond donors (Lipinski definition) is 0.